The molecule has 0 unspecified atom stereocenters. The average molecular weight is 381 g/mol. The Bertz CT molecular complexity index is 654. The number of carboxylic acid groups (broad SMARTS) is 1. The Morgan fingerprint density at radius 3 is 2.60 bits per heavy atom. The van der Waals surface area contributed by atoms with Gasteiger partial charge in [-0.3, -0.25) is 9.59 Å². The fourth-order valence-corrected chi connectivity index (χ4v) is 2.82. The van der Waals surface area contributed by atoms with Crippen LogP contribution in [0.5, 0.6) is 5.88 Å². The molecular weight excluding hydrogens is 365 g/mol. The normalized spacial score (nSPS) is 20.3. The van der Waals surface area contributed by atoms with E-state index in [0.717, 1.165) is 0 Å². The summed E-state index contributed by atoms with van der Waals surface area (Å²) in [7, 11) is 0. The minimum Gasteiger partial charge on any atom is -0.481 e. The van der Waals surface area contributed by atoms with Crippen molar-refractivity contribution in [1.29, 1.82) is 0 Å². The summed E-state index contributed by atoms with van der Waals surface area (Å²) in [5.74, 6) is -2.17. The predicted molar refractivity (Wildman–Crippen MR) is 81.2 cm³/mol. The van der Waals surface area contributed by atoms with Gasteiger partial charge in [0.1, 0.15) is 11.6 Å². The molecule has 0 aromatic carbocycles. The van der Waals surface area contributed by atoms with Gasteiger partial charge in [0.15, 0.2) is 0 Å². The molecule has 1 aliphatic carbocycles. The highest BCUT2D eigenvalue weighted by atomic mass is 35.5. The largest absolute Gasteiger partial charge is 0.481 e. The molecular formula is C15H16ClF3N2O4. The van der Waals surface area contributed by atoms with Crippen molar-refractivity contribution < 1.29 is 32.6 Å². The van der Waals surface area contributed by atoms with Crippen LogP contribution in [0.4, 0.5) is 13.2 Å². The summed E-state index contributed by atoms with van der Waals surface area (Å²) >= 11 is 5.70. The molecule has 1 fully saturated rings. The monoisotopic (exact) mass is 380 g/mol. The van der Waals surface area contributed by atoms with Crippen molar-refractivity contribution in [1.82, 2.24) is 10.3 Å². The lowest BCUT2D eigenvalue weighted by atomic mass is 10.0. The molecule has 0 spiro atoms. The minimum absolute atomic E-state index is 0.0289. The van der Waals surface area contributed by atoms with Crippen LogP contribution in [0.2, 0.25) is 5.02 Å². The van der Waals surface area contributed by atoms with Gasteiger partial charge in [-0.25, -0.2) is 4.98 Å². The molecule has 2 atom stereocenters. The van der Waals surface area contributed by atoms with Gasteiger partial charge in [0.2, 0.25) is 11.8 Å². The molecule has 2 rings (SSSR count). The van der Waals surface area contributed by atoms with Crippen molar-refractivity contribution in [3.8, 4) is 5.88 Å². The van der Waals surface area contributed by atoms with E-state index in [4.69, 9.17) is 21.4 Å². The zero-order valence-corrected chi connectivity index (χ0v) is 13.7. The molecule has 0 saturated heterocycles. The number of carboxylic acids is 1. The molecule has 1 saturated carbocycles. The second-order valence-electron chi connectivity index (χ2n) is 5.69. The first-order chi connectivity index (χ1) is 11.7. The van der Waals surface area contributed by atoms with Crippen LogP contribution in [0.25, 0.3) is 0 Å². The van der Waals surface area contributed by atoms with Crippen LogP contribution in [0, 0.1) is 11.8 Å². The molecule has 1 aliphatic rings. The van der Waals surface area contributed by atoms with Gasteiger partial charge in [0, 0.05) is 12.1 Å². The van der Waals surface area contributed by atoms with E-state index in [0.29, 0.717) is 31.5 Å². The number of alkyl halides is 3. The third kappa shape index (κ3) is 5.22. The first-order valence-corrected chi connectivity index (χ1v) is 7.92. The Kier molecular flexibility index (Phi) is 6.10. The SMILES string of the molecule is O=C(O)[C@@H]1CC[C@H](C(=O)NCCOc2ncc(C(F)(F)F)cc2Cl)C1. The number of carbonyl (C=O) groups is 2. The number of carbonyl (C=O) groups excluding carboxylic acids is 1. The lowest BCUT2D eigenvalue weighted by molar-refractivity contribution is -0.141. The maximum atomic E-state index is 12.5. The molecule has 138 valence electrons. The fourth-order valence-electron chi connectivity index (χ4n) is 2.60. The first-order valence-electron chi connectivity index (χ1n) is 7.54. The number of ether oxygens (including phenoxy) is 1. The third-order valence-electron chi connectivity index (χ3n) is 3.93. The van der Waals surface area contributed by atoms with E-state index in [1.165, 1.54) is 0 Å². The highest BCUT2D eigenvalue weighted by Gasteiger charge is 2.34. The van der Waals surface area contributed by atoms with Crippen molar-refractivity contribution in [3.05, 3.63) is 22.8 Å². The number of hydrogen-bond acceptors (Lipinski definition) is 4. The number of nitrogens with one attached hydrogen (secondary N) is 1. The minimum atomic E-state index is -4.54. The average Bonchev–Trinajstić information content (AvgIpc) is 3.01. The van der Waals surface area contributed by atoms with E-state index in [9.17, 15) is 22.8 Å². The number of hydrogen-bond donors (Lipinski definition) is 2. The molecule has 2 N–H and O–H groups in total. The number of aromatic nitrogens is 1. The zero-order valence-electron chi connectivity index (χ0n) is 13.0. The summed E-state index contributed by atoms with van der Waals surface area (Å²) in [5, 5.41) is 11.2. The predicted octanol–water partition coefficient (Wildman–Crippen LogP) is 2.75. The Hall–Kier alpha value is -2.03. The van der Waals surface area contributed by atoms with Gasteiger partial charge in [-0.1, -0.05) is 11.6 Å². The van der Waals surface area contributed by atoms with E-state index < -0.39 is 23.6 Å². The second-order valence-corrected chi connectivity index (χ2v) is 6.10. The molecule has 6 nitrogen and oxygen atoms in total. The smallest absolute Gasteiger partial charge is 0.417 e. The topological polar surface area (TPSA) is 88.5 Å². The van der Waals surface area contributed by atoms with E-state index in [2.05, 4.69) is 10.3 Å². The summed E-state index contributed by atoms with van der Waals surface area (Å²) in [6, 6.07) is 0.715. The first kappa shape index (κ1) is 19.3. The Morgan fingerprint density at radius 1 is 1.36 bits per heavy atom. The lowest BCUT2D eigenvalue weighted by Crippen LogP contribution is -2.33. The van der Waals surface area contributed by atoms with Crippen molar-refractivity contribution >= 4 is 23.5 Å². The van der Waals surface area contributed by atoms with Gasteiger partial charge in [0.05, 0.1) is 18.0 Å². The van der Waals surface area contributed by atoms with E-state index in [-0.39, 0.29) is 35.9 Å². The number of pyridine rings is 1. The van der Waals surface area contributed by atoms with E-state index >= 15 is 0 Å². The summed E-state index contributed by atoms with van der Waals surface area (Å²) in [6.07, 6.45) is -2.65. The van der Waals surface area contributed by atoms with Crippen LogP contribution >= 0.6 is 11.6 Å². The molecule has 10 heteroatoms. The summed E-state index contributed by atoms with van der Waals surface area (Å²) in [5.41, 5.74) is -0.979. The zero-order chi connectivity index (χ0) is 18.6. The molecule has 0 aliphatic heterocycles. The molecule has 0 radical (unpaired) electrons. The van der Waals surface area contributed by atoms with Crippen molar-refractivity contribution in [2.45, 2.75) is 25.4 Å². The fraction of sp³-hybridized carbons (Fsp3) is 0.533. The molecule has 25 heavy (non-hydrogen) atoms. The molecule has 1 heterocycles. The summed E-state index contributed by atoms with van der Waals surface area (Å²) < 4.78 is 42.6. The number of nitrogens with zero attached hydrogens (tertiary/aromatic N) is 1. The highest BCUT2D eigenvalue weighted by Crippen LogP contribution is 2.33. The van der Waals surface area contributed by atoms with Crippen LogP contribution in [0.3, 0.4) is 0 Å². The Morgan fingerprint density at radius 2 is 2.04 bits per heavy atom. The summed E-state index contributed by atoms with van der Waals surface area (Å²) in [4.78, 5) is 26.3. The Labute approximate surface area is 146 Å². The maximum absolute atomic E-state index is 12.5. The quantitative estimate of drug-likeness (QED) is 0.741. The van der Waals surface area contributed by atoms with E-state index in [1.54, 1.807) is 0 Å². The number of halogens is 4. The van der Waals surface area contributed by atoms with Crippen LogP contribution in [0.15, 0.2) is 12.3 Å². The Balaban J connectivity index is 1.76. The van der Waals surface area contributed by atoms with Crippen LogP contribution < -0.4 is 10.1 Å². The van der Waals surface area contributed by atoms with Gasteiger partial charge >= 0.3 is 12.1 Å². The van der Waals surface area contributed by atoms with Gasteiger partial charge in [-0.2, -0.15) is 13.2 Å². The number of aliphatic carboxylic acids is 1. The number of amides is 1. The standard InChI is InChI=1S/C15H16ClF3N2O4/c16-11-6-10(15(17,18)19)7-21-13(11)25-4-3-20-12(22)8-1-2-9(5-8)14(23)24/h6-9H,1-5H2,(H,20,22)(H,23,24)/t8-,9+/m0/s1. The second kappa shape index (κ2) is 7.90. The van der Waals surface area contributed by atoms with Gasteiger partial charge in [-0.15, -0.1) is 0 Å². The van der Waals surface area contributed by atoms with E-state index in [1.807, 2.05) is 0 Å². The van der Waals surface area contributed by atoms with Gasteiger partial charge in [0.25, 0.3) is 0 Å². The van der Waals surface area contributed by atoms with Crippen molar-refractivity contribution in [2.75, 3.05) is 13.2 Å². The van der Waals surface area contributed by atoms with Crippen molar-refractivity contribution in [3.63, 3.8) is 0 Å². The number of rotatable bonds is 6. The highest BCUT2D eigenvalue weighted by molar-refractivity contribution is 6.31. The van der Waals surface area contributed by atoms with Crippen LogP contribution in [-0.2, 0) is 15.8 Å². The van der Waals surface area contributed by atoms with Crippen LogP contribution in [-0.4, -0.2) is 35.1 Å². The maximum Gasteiger partial charge on any atom is 0.417 e. The molecule has 0 bridgehead atoms. The summed E-state index contributed by atoms with van der Waals surface area (Å²) in [6.45, 7) is 0.0744. The third-order valence-corrected chi connectivity index (χ3v) is 4.20. The lowest BCUT2D eigenvalue weighted by Gasteiger charge is -2.12. The van der Waals surface area contributed by atoms with Crippen LogP contribution in [0.1, 0.15) is 24.8 Å². The van der Waals surface area contributed by atoms with Gasteiger partial charge < -0.3 is 15.2 Å². The molecule has 1 amide bonds. The molecule has 1 aromatic heterocycles. The van der Waals surface area contributed by atoms with Gasteiger partial charge in [-0.05, 0) is 25.3 Å². The van der Waals surface area contributed by atoms with Crippen molar-refractivity contribution in [2.24, 2.45) is 11.8 Å². The molecule has 1 aromatic rings.